The number of hydrogen-bond donors (Lipinski definition) is 1. The van der Waals surface area contributed by atoms with E-state index in [1.165, 1.54) is 38.4 Å². The Hall–Kier alpha value is -2.75. The molecule has 0 aliphatic rings. The number of nitrogens with one attached hydrogen (secondary N) is 1. The number of sulfonamides is 1. The molecular formula is C19H22N2O6S. The summed E-state index contributed by atoms with van der Waals surface area (Å²) in [6.07, 6.45) is 0.754. The molecule has 0 saturated carbocycles. The van der Waals surface area contributed by atoms with Crippen LogP contribution < -0.4 is 5.32 Å². The minimum Gasteiger partial charge on any atom is -0.452 e. The fourth-order valence-corrected chi connectivity index (χ4v) is 3.33. The summed E-state index contributed by atoms with van der Waals surface area (Å²) >= 11 is 0. The van der Waals surface area contributed by atoms with Crippen LogP contribution in [-0.4, -0.2) is 45.5 Å². The van der Waals surface area contributed by atoms with Crippen molar-refractivity contribution < 1.29 is 27.6 Å². The highest BCUT2D eigenvalue weighted by atomic mass is 32.2. The molecule has 0 aliphatic heterocycles. The van der Waals surface area contributed by atoms with Gasteiger partial charge in [-0.1, -0.05) is 29.6 Å². The van der Waals surface area contributed by atoms with Gasteiger partial charge in [-0.2, -0.15) is 0 Å². The number of esters is 1. The number of nitrogens with zero attached hydrogens (tertiary/aromatic N) is 1. The van der Waals surface area contributed by atoms with E-state index in [4.69, 9.17) is 4.74 Å². The lowest BCUT2D eigenvalue weighted by atomic mass is 10.1. The summed E-state index contributed by atoms with van der Waals surface area (Å²) in [5.74, 6) is -1.20. The van der Waals surface area contributed by atoms with Crippen LogP contribution in [0.5, 0.6) is 0 Å². The van der Waals surface area contributed by atoms with E-state index < -0.39 is 28.5 Å². The molecule has 0 aliphatic carbocycles. The average molecular weight is 406 g/mol. The van der Waals surface area contributed by atoms with Gasteiger partial charge in [0.05, 0.1) is 17.6 Å². The van der Waals surface area contributed by atoms with Crippen molar-refractivity contribution in [2.24, 2.45) is 0 Å². The lowest BCUT2D eigenvalue weighted by molar-refractivity contribution is -0.119. The molecule has 0 aromatic heterocycles. The van der Waals surface area contributed by atoms with Gasteiger partial charge in [-0.25, -0.2) is 13.2 Å². The molecule has 0 radical (unpaired) electrons. The summed E-state index contributed by atoms with van der Waals surface area (Å²) in [5.41, 5.74) is 1.77. The number of ether oxygens (including phenoxy) is 1. The molecule has 1 amide bonds. The molecule has 1 N–H and O–H groups in total. The van der Waals surface area contributed by atoms with Crippen molar-refractivity contribution in [2.45, 2.75) is 18.2 Å². The Morgan fingerprint density at radius 3 is 2.32 bits per heavy atom. The molecule has 0 atom stereocenters. The zero-order valence-corrected chi connectivity index (χ0v) is 16.7. The smallest absolute Gasteiger partial charge is 0.338 e. The second-order valence-corrected chi connectivity index (χ2v) is 7.69. The average Bonchev–Trinajstić information content (AvgIpc) is 2.71. The molecule has 28 heavy (non-hydrogen) atoms. The third kappa shape index (κ3) is 5.16. The zero-order valence-electron chi connectivity index (χ0n) is 15.8. The number of rotatable bonds is 8. The molecule has 0 heterocycles. The second kappa shape index (κ2) is 9.45. The van der Waals surface area contributed by atoms with Crippen molar-refractivity contribution in [1.29, 1.82) is 0 Å². The van der Waals surface area contributed by atoms with Crippen molar-refractivity contribution in [1.82, 2.24) is 4.47 Å². The van der Waals surface area contributed by atoms with Gasteiger partial charge in [-0.3, -0.25) is 9.63 Å². The highest BCUT2D eigenvalue weighted by Crippen LogP contribution is 2.17. The molecule has 2 aromatic carbocycles. The third-order valence-corrected chi connectivity index (χ3v) is 5.68. The van der Waals surface area contributed by atoms with Crippen LogP contribution in [0.2, 0.25) is 0 Å². The van der Waals surface area contributed by atoms with Gasteiger partial charge in [-0.05, 0) is 42.3 Å². The van der Waals surface area contributed by atoms with Crippen LogP contribution in [0, 0.1) is 0 Å². The normalized spacial score (nSPS) is 11.3. The van der Waals surface area contributed by atoms with E-state index in [1.807, 2.05) is 19.1 Å². The van der Waals surface area contributed by atoms with Gasteiger partial charge < -0.3 is 10.1 Å². The van der Waals surface area contributed by atoms with Gasteiger partial charge in [0.25, 0.3) is 15.9 Å². The molecule has 8 nitrogen and oxygen atoms in total. The first-order valence-corrected chi connectivity index (χ1v) is 9.91. The molecule has 0 fully saturated rings. The lowest BCUT2D eigenvalue weighted by Crippen LogP contribution is -2.25. The Kier molecular flexibility index (Phi) is 7.27. The molecule has 9 heteroatoms. The van der Waals surface area contributed by atoms with Gasteiger partial charge in [0, 0.05) is 12.7 Å². The summed E-state index contributed by atoms with van der Waals surface area (Å²) in [5, 5.41) is 2.70. The first-order valence-electron chi connectivity index (χ1n) is 8.47. The molecule has 2 rings (SSSR count). The standard InChI is InChI=1S/C19H22N2O6S/c1-4-14-7-5-6-8-17(14)20-18(22)13-27-19(23)15-9-11-16(12-10-15)28(24,25)21(2)26-3/h5-12H,4,13H2,1-3H3,(H,20,22). The van der Waals surface area contributed by atoms with Crippen LogP contribution in [0.3, 0.4) is 0 Å². The predicted octanol–water partition coefficient (Wildman–Crippen LogP) is 2.23. The number of carbonyl (C=O) groups excluding carboxylic acids is 2. The van der Waals surface area contributed by atoms with E-state index in [2.05, 4.69) is 10.2 Å². The van der Waals surface area contributed by atoms with Crippen LogP contribution in [-0.2, 0) is 30.8 Å². The molecule has 150 valence electrons. The topological polar surface area (TPSA) is 102 Å². The Bertz CT molecular complexity index is 941. The number of amides is 1. The maximum Gasteiger partial charge on any atom is 0.338 e. The van der Waals surface area contributed by atoms with Crippen LogP contribution in [0.4, 0.5) is 5.69 Å². The first-order chi connectivity index (χ1) is 13.3. The highest BCUT2D eigenvalue weighted by Gasteiger charge is 2.21. The fraction of sp³-hybridized carbons (Fsp3) is 0.263. The molecule has 0 saturated heterocycles. The molecule has 0 spiro atoms. The summed E-state index contributed by atoms with van der Waals surface area (Å²) in [6.45, 7) is 1.52. The van der Waals surface area contributed by atoms with Crippen molar-refractivity contribution in [3.8, 4) is 0 Å². The number of anilines is 1. The number of carbonyl (C=O) groups is 2. The SMILES string of the molecule is CCc1ccccc1NC(=O)COC(=O)c1ccc(S(=O)(=O)N(C)OC)cc1. The largest absolute Gasteiger partial charge is 0.452 e. The van der Waals surface area contributed by atoms with Crippen molar-refractivity contribution in [2.75, 3.05) is 26.1 Å². The Balaban J connectivity index is 1.97. The number of hydroxylamine groups is 1. The lowest BCUT2D eigenvalue weighted by Gasteiger charge is -2.14. The van der Waals surface area contributed by atoms with E-state index in [9.17, 15) is 18.0 Å². The van der Waals surface area contributed by atoms with Gasteiger partial charge in [0.1, 0.15) is 0 Å². The monoisotopic (exact) mass is 406 g/mol. The van der Waals surface area contributed by atoms with Gasteiger partial charge in [0.2, 0.25) is 0 Å². The van der Waals surface area contributed by atoms with E-state index in [1.54, 1.807) is 12.1 Å². The molecule has 0 unspecified atom stereocenters. The van der Waals surface area contributed by atoms with Crippen molar-refractivity contribution in [3.63, 3.8) is 0 Å². The van der Waals surface area contributed by atoms with E-state index in [0.717, 1.165) is 12.0 Å². The Morgan fingerprint density at radius 2 is 1.71 bits per heavy atom. The molecule has 2 aromatic rings. The third-order valence-electron chi connectivity index (χ3n) is 3.99. The van der Waals surface area contributed by atoms with Crippen molar-refractivity contribution >= 4 is 27.6 Å². The van der Waals surface area contributed by atoms with Gasteiger partial charge >= 0.3 is 5.97 Å². The molecule has 0 bridgehead atoms. The highest BCUT2D eigenvalue weighted by molar-refractivity contribution is 7.89. The Labute approximate surface area is 164 Å². The van der Waals surface area contributed by atoms with E-state index >= 15 is 0 Å². The predicted molar refractivity (Wildman–Crippen MR) is 103 cm³/mol. The number of hydrogen-bond acceptors (Lipinski definition) is 6. The van der Waals surface area contributed by atoms with Crippen LogP contribution in [0.15, 0.2) is 53.4 Å². The number of aryl methyl sites for hydroxylation is 1. The van der Waals surface area contributed by atoms with Crippen LogP contribution in [0.25, 0.3) is 0 Å². The van der Waals surface area contributed by atoms with Gasteiger partial charge in [0.15, 0.2) is 6.61 Å². The quantitative estimate of drug-likeness (QED) is 0.533. The van der Waals surface area contributed by atoms with E-state index in [-0.39, 0.29) is 10.5 Å². The fourth-order valence-electron chi connectivity index (χ4n) is 2.36. The van der Waals surface area contributed by atoms with Crippen LogP contribution in [0.1, 0.15) is 22.8 Å². The van der Waals surface area contributed by atoms with Crippen LogP contribution >= 0.6 is 0 Å². The van der Waals surface area contributed by atoms with E-state index in [0.29, 0.717) is 10.2 Å². The molecular weight excluding hydrogens is 384 g/mol. The maximum absolute atomic E-state index is 12.1. The van der Waals surface area contributed by atoms with Crippen molar-refractivity contribution in [3.05, 3.63) is 59.7 Å². The summed E-state index contributed by atoms with van der Waals surface area (Å²) in [4.78, 5) is 28.8. The first kappa shape index (κ1) is 21.5. The second-order valence-electron chi connectivity index (χ2n) is 5.76. The minimum absolute atomic E-state index is 0.0395. The number of para-hydroxylation sites is 1. The summed E-state index contributed by atoms with van der Waals surface area (Å²) in [6, 6.07) is 12.5. The summed E-state index contributed by atoms with van der Waals surface area (Å²) in [7, 11) is -1.32. The maximum atomic E-state index is 12.1. The summed E-state index contributed by atoms with van der Waals surface area (Å²) < 4.78 is 29.9. The minimum atomic E-state index is -3.80. The van der Waals surface area contributed by atoms with Gasteiger partial charge in [-0.15, -0.1) is 0 Å². The zero-order chi connectivity index (χ0) is 20.7. The Morgan fingerprint density at radius 1 is 1.07 bits per heavy atom. The number of benzene rings is 2.